The first-order valence-electron chi connectivity index (χ1n) is 5.88. The van der Waals surface area contributed by atoms with Gasteiger partial charge in [0, 0.05) is 24.5 Å². The molecule has 2 rings (SSSR count). The average Bonchev–Trinajstić information content (AvgIpc) is 2.30. The van der Waals surface area contributed by atoms with Crippen LogP contribution in [0.2, 0.25) is 0 Å². The maximum Gasteiger partial charge on any atom is 0.128 e. The summed E-state index contributed by atoms with van der Waals surface area (Å²) in [5, 5.41) is 9.60. The molecule has 1 fully saturated rings. The molecule has 0 amide bonds. The number of rotatable bonds is 3. The maximum atomic E-state index is 13.2. The Labute approximate surface area is 100 Å². The van der Waals surface area contributed by atoms with E-state index in [1.807, 2.05) is 0 Å². The quantitative estimate of drug-likeness (QED) is 0.882. The Hall–Kier alpha value is -1.13. The second kappa shape index (κ2) is 5.47. The van der Waals surface area contributed by atoms with Crippen LogP contribution in [-0.4, -0.2) is 24.4 Å². The molecule has 0 saturated carbocycles. The number of ether oxygens (including phenoxy) is 2. The van der Waals surface area contributed by atoms with Gasteiger partial charge >= 0.3 is 0 Å². The lowest BCUT2D eigenvalue weighted by atomic mass is 10.1. The van der Waals surface area contributed by atoms with E-state index >= 15 is 0 Å². The van der Waals surface area contributed by atoms with Gasteiger partial charge in [0.1, 0.15) is 17.7 Å². The molecule has 0 unspecified atom stereocenters. The summed E-state index contributed by atoms with van der Waals surface area (Å²) < 4.78 is 24.2. The summed E-state index contributed by atoms with van der Waals surface area (Å²) in [6.45, 7) is 2.98. The standard InChI is InChI=1S/C13H17FO3/c1-9(15)12-3-2-10(14)8-13(12)17-11-4-6-16-7-5-11/h2-3,8-9,11,15H,4-7H2,1H3/t9-/m0/s1. The van der Waals surface area contributed by atoms with Crippen molar-refractivity contribution in [3.63, 3.8) is 0 Å². The molecule has 1 aliphatic rings. The fraction of sp³-hybridized carbons (Fsp3) is 0.538. The lowest BCUT2D eigenvalue weighted by molar-refractivity contribution is 0.0241. The zero-order valence-electron chi connectivity index (χ0n) is 9.86. The molecular formula is C13H17FO3. The number of benzene rings is 1. The summed E-state index contributed by atoms with van der Waals surface area (Å²) >= 11 is 0. The van der Waals surface area contributed by atoms with Crippen LogP contribution in [0.3, 0.4) is 0 Å². The summed E-state index contributed by atoms with van der Waals surface area (Å²) in [5.74, 6) is 0.0864. The molecule has 0 spiro atoms. The van der Waals surface area contributed by atoms with Gasteiger partial charge in [0.05, 0.1) is 19.3 Å². The summed E-state index contributed by atoms with van der Waals surface area (Å²) in [6, 6.07) is 4.23. The topological polar surface area (TPSA) is 38.7 Å². The molecule has 4 heteroatoms. The lowest BCUT2D eigenvalue weighted by Crippen LogP contribution is -2.26. The smallest absolute Gasteiger partial charge is 0.128 e. The van der Waals surface area contributed by atoms with Crippen molar-refractivity contribution in [2.45, 2.75) is 32.0 Å². The molecule has 0 radical (unpaired) electrons. The summed E-state index contributed by atoms with van der Waals surface area (Å²) in [7, 11) is 0. The summed E-state index contributed by atoms with van der Waals surface area (Å²) in [5.41, 5.74) is 0.623. The van der Waals surface area contributed by atoms with E-state index in [0.29, 0.717) is 24.5 Å². The molecule has 1 aliphatic heterocycles. The number of halogens is 1. The van der Waals surface area contributed by atoms with Crippen molar-refractivity contribution in [3.8, 4) is 5.75 Å². The van der Waals surface area contributed by atoms with Crippen LogP contribution in [-0.2, 0) is 4.74 Å². The van der Waals surface area contributed by atoms with Crippen LogP contribution in [0.25, 0.3) is 0 Å². The Morgan fingerprint density at radius 1 is 1.41 bits per heavy atom. The highest BCUT2D eigenvalue weighted by Crippen LogP contribution is 2.28. The first kappa shape index (κ1) is 12.3. The highest BCUT2D eigenvalue weighted by molar-refractivity contribution is 5.35. The van der Waals surface area contributed by atoms with Crippen molar-refractivity contribution < 1.29 is 19.0 Å². The van der Waals surface area contributed by atoms with Crippen molar-refractivity contribution in [3.05, 3.63) is 29.6 Å². The van der Waals surface area contributed by atoms with E-state index in [1.165, 1.54) is 12.1 Å². The molecule has 1 N–H and O–H groups in total. The minimum absolute atomic E-state index is 0.0445. The van der Waals surface area contributed by atoms with Gasteiger partial charge in [-0.15, -0.1) is 0 Å². The Morgan fingerprint density at radius 3 is 2.76 bits per heavy atom. The average molecular weight is 240 g/mol. The number of aliphatic hydroxyl groups excluding tert-OH is 1. The van der Waals surface area contributed by atoms with E-state index in [2.05, 4.69) is 0 Å². The van der Waals surface area contributed by atoms with Gasteiger partial charge in [-0.1, -0.05) is 0 Å². The highest BCUT2D eigenvalue weighted by Gasteiger charge is 2.18. The van der Waals surface area contributed by atoms with Gasteiger partial charge in [0.15, 0.2) is 0 Å². The number of hydrogen-bond acceptors (Lipinski definition) is 3. The van der Waals surface area contributed by atoms with Crippen LogP contribution in [0.4, 0.5) is 4.39 Å². The predicted molar refractivity (Wildman–Crippen MR) is 61.5 cm³/mol. The Balaban J connectivity index is 2.14. The SMILES string of the molecule is C[C@H](O)c1ccc(F)cc1OC1CCOCC1. The van der Waals surface area contributed by atoms with E-state index < -0.39 is 6.10 Å². The molecule has 1 aromatic rings. The zero-order valence-corrected chi connectivity index (χ0v) is 9.86. The van der Waals surface area contributed by atoms with Crippen molar-refractivity contribution in [1.82, 2.24) is 0 Å². The minimum Gasteiger partial charge on any atom is -0.490 e. The van der Waals surface area contributed by atoms with Gasteiger partial charge in [0.2, 0.25) is 0 Å². The summed E-state index contributed by atoms with van der Waals surface area (Å²) in [6.07, 6.45) is 0.986. The van der Waals surface area contributed by atoms with Crippen molar-refractivity contribution in [2.75, 3.05) is 13.2 Å². The Kier molecular flexibility index (Phi) is 3.97. The molecule has 1 heterocycles. The van der Waals surface area contributed by atoms with Crippen LogP contribution in [0.15, 0.2) is 18.2 Å². The van der Waals surface area contributed by atoms with Crippen molar-refractivity contribution >= 4 is 0 Å². The van der Waals surface area contributed by atoms with Gasteiger partial charge in [-0.05, 0) is 19.1 Å². The second-order valence-electron chi connectivity index (χ2n) is 4.29. The fourth-order valence-corrected chi connectivity index (χ4v) is 1.93. The Bertz CT molecular complexity index is 373. The first-order chi connectivity index (χ1) is 8.16. The molecular weight excluding hydrogens is 223 g/mol. The van der Waals surface area contributed by atoms with Crippen LogP contribution in [0, 0.1) is 5.82 Å². The molecule has 1 aromatic carbocycles. The van der Waals surface area contributed by atoms with Gasteiger partial charge in [-0.3, -0.25) is 0 Å². The van der Waals surface area contributed by atoms with E-state index in [1.54, 1.807) is 13.0 Å². The third-order valence-corrected chi connectivity index (χ3v) is 2.89. The van der Waals surface area contributed by atoms with Gasteiger partial charge in [-0.2, -0.15) is 0 Å². The number of aliphatic hydroxyl groups is 1. The van der Waals surface area contributed by atoms with Crippen LogP contribution < -0.4 is 4.74 Å². The molecule has 94 valence electrons. The maximum absolute atomic E-state index is 13.2. The molecule has 1 atom stereocenters. The lowest BCUT2D eigenvalue weighted by Gasteiger charge is -2.25. The molecule has 1 saturated heterocycles. The van der Waals surface area contributed by atoms with E-state index in [0.717, 1.165) is 12.8 Å². The van der Waals surface area contributed by atoms with Crippen molar-refractivity contribution in [2.24, 2.45) is 0 Å². The van der Waals surface area contributed by atoms with Crippen LogP contribution >= 0.6 is 0 Å². The van der Waals surface area contributed by atoms with Gasteiger partial charge < -0.3 is 14.6 Å². The van der Waals surface area contributed by atoms with Crippen LogP contribution in [0.1, 0.15) is 31.4 Å². The fourth-order valence-electron chi connectivity index (χ4n) is 1.93. The van der Waals surface area contributed by atoms with E-state index in [4.69, 9.17) is 9.47 Å². The Morgan fingerprint density at radius 2 is 2.12 bits per heavy atom. The molecule has 0 aromatic heterocycles. The van der Waals surface area contributed by atoms with Crippen LogP contribution in [0.5, 0.6) is 5.75 Å². The second-order valence-corrected chi connectivity index (χ2v) is 4.29. The monoisotopic (exact) mass is 240 g/mol. The molecule has 0 bridgehead atoms. The molecule has 0 aliphatic carbocycles. The zero-order chi connectivity index (χ0) is 12.3. The van der Waals surface area contributed by atoms with E-state index in [-0.39, 0.29) is 11.9 Å². The molecule has 3 nitrogen and oxygen atoms in total. The van der Waals surface area contributed by atoms with Gasteiger partial charge in [-0.25, -0.2) is 4.39 Å². The predicted octanol–water partition coefficient (Wildman–Crippen LogP) is 2.44. The third kappa shape index (κ3) is 3.17. The summed E-state index contributed by atoms with van der Waals surface area (Å²) in [4.78, 5) is 0. The van der Waals surface area contributed by atoms with Gasteiger partial charge in [0.25, 0.3) is 0 Å². The largest absolute Gasteiger partial charge is 0.490 e. The number of hydrogen-bond donors (Lipinski definition) is 1. The van der Waals surface area contributed by atoms with Crippen molar-refractivity contribution in [1.29, 1.82) is 0 Å². The normalized spacial score (nSPS) is 19.0. The first-order valence-corrected chi connectivity index (χ1v) is 5.88. The minimum atomic E-state index is -0.662. The highest BCUT2D eigenvalue weighted by atomic mass is 19.1. The third-order valence-electron chi connectivity index (χ3n) is 2.89. The molecule has 17 heavy (non-hydrogen) atoms. The van der Waals surface area contributed by atoms with E-state index in [9.17, 15) is 9.50 Å².